The van der Waals surface area contributed by atoms with Crippen molar-refractivity contribution in [1.29, 1.82) is 0 Å². The third-order valence-corrected chi connectivity index (χ3v) is 3.87. The van der Waals surface area contributed by atoms with E-state index in [1.165, 1.54) is 11.3 Å². The maximum Gasteiger partial charge on any atom is 0.265 e. The second-order valence-electron chi connectivity index (χ2n) is 4.02. The first-order valence-corrected chi connectivity index (χ1v) is 6.45. The molecule has 0 fully saturated rings. The molecule has 0 unspecified atom stereocenters. The van der Waals surface area contributed by atoms with Crippen molar-refractivity contribution in [2.24, 2.45) is 0 Å². The molecule has 0 bridgehead atoms. The van der Waals surface area contributed by atoms with Crippen LogP contribution in [-0.4, -0.2) is 41.1 Å². The van der Waals surface area contributed by atoms with Crippen molar-refractivity contribution in [3.8, 4) is 0 Å². The topological polar surface area (TPSA) is 79.5 Å². The number of pyridine rings is 1. The Morgan fingerprint density at radius 3 is 3.06 bits per heavy atom. The van der Waals surface area contributed by atoms with Crippen LogP contribution in [-0.2, 0) is 0 Å². The number of aliphatic hydroxyl groups excluding tert-OH is 1. The van der Waals surface area contributed by atoms with Crippen molar-refractivity contribution in [1.82, 2.24) is 9.88 Å². The van der Waals surface area contributed by atoms with Crippen molar-refractivity contribution >= 4 is 33.0 Å². The Kier molecular flexibility index (Phi) is 3.78. The Labute approximate surface area is 109 Å². The lowest BCUT2D eigenvalue weighted by molar-refractivity contribution is 0.0792. The van der Waals surface area contributed by atoms with E-state index >= 15 is 0 Å². The molecule has 0 spiro atoms. The van der Waals surface area contributed by atoms with Crippen LogP contribution in [0.1, 0.15) is 16.1 Å². The summed E-state index contributed by atoms with van der Waals surface area (Å²) in [6.07, 6.45) is 3.94. The highest BCUT2D eigenvalue weighted by Gasteiger charge is 2.19. The standard InChI is InChI=1S/C12H15N3O2S/c1-15(5-2-6-16)12(17)11-10(13)8-3-4-14-7-9(8)18-11/h3-4,7,16H,2,5-6,13H2,1H3. The summed E-state index contributed by atoms with van der Waals surface area (Å²) in [7, 11) is 1.71. The van der Waals surface area contributed by atoms with Crippen LogP contribution in [0.4, 0.5) is 5.69 Å². The van der Waals surface area contributed by atoms with Crippen molar-refractivity contribution in [3.63, 3.8) is 0 Å². The number of thiophene rings is 1. The quantitative estimate of drug-likeness (QED) is 0.874. The first-order valence-electron chi connectivity index (χ1n) is 5.63. The Bertz CT molecular complexity index is 567. The molecule has 0 aliphatic heterocycles. The molecule has 2 aromatic heterocycles. The summed E-state index contributed by atoms with van der Waals surface area (Å²) >= 11 is 1.35. The number of aliphatic hydroxyl groups is 1. The third-order valence-electron chi connectivity index (χ3n) is 2.72. The maximum atomic E-state index is 12.2. The lowest BCUT2D eigenvalue weighted by atomic mass is 10.2. The molecule has 2 heterocycles. The molecule has 2 rings (SSSR count). The first kappa shape index (κ1) is 12.8. The van der Waals surface area contributed by atoms with Crippen molar-refractivity contribution in [3.05, 3.63) is 23.3 Å². The number of rotatable bonds is 4. The van der Waals surface area contributed by atoms with Gasteiger partial charge in [0.15, 0.2) is 0 Å². The second kappa shape index (κ2) is 5.32. The second-order valence-corrected chi connectivity index (χ2v) is 5.07. The average Bonchev–Trinajstić information content (AvgIpc) is 2.73. The number of hydrogen-bond donors (Lipinski definition) is 2. The van der Waals surface area contributed by atoms with Gasteiger partial charge in [-0.25, -0.2) is 0 Å². The molecule has 0 atom stereocenters. The van der Waals surface area contributed by atoms with Gasteiger partial charge >= 0.3 is 0 Å². The molecule has 2 aromatic rings. The van der Waals surface area contributed by atoms with Crippen LogP contribution in [0.25, 0.3) is 10.1 Å². The highest BCUT2D eigenvalue weighted by Crippen LogP contribution is 2.33. The maximum absolute atomic E-state index is 12.2. The lowest BCUT2D eigenvalue weighted by Crippen LogP contribution is -2.28. The highest BCUT2D eigenvalue weighted by molar-refractivity contribution is 7.21. The number of hydrogen-bond acceptors (Lipinski definition) is 5. The fourth-order valence-corrected chi connectivity index (χ4v) is 2.80. The Hall–Kier alpha value is -1.66. The zero-order chi connectivity index (χ0) is 13.1. The smallest absolute Gasteiger partial charge is 0.265 e. The molecule has 0 aromatic carbocycles. The van der Waals surface area contributed by atoms with Gasteiger partial charge in [-0.2, -0.15) is 0 Å². The summed E-state index contributed by atoms with van der Waals surface area (Å²) in [6.45, 7) is 0.588. The summed E-state index contributed by atoms with van der Waals surface area (Å²) in [5, 5.41) is 9.64. The van der Waals surface area contributed by atoms with Crippen LogP contribution in [0.5, 0.6) is 0 Å². The zero-order valence-corrected chi connectivity index (χ0v) is 10.9. The molecule has 6 heteroatoms. The molecule has 0 aliphatic carbocycles. The molecule has 1 amide bonds. The Morgan fingerprint density at radius 1 is 1.61 bits per heavy atom. The first-order chi connectivity index (χ1) is 8.65. The van der Waals surface area contributed by atoms with Crippen molar-refractivity contribution in [2.75, 3.05) is 25.9 Å². The van der Waals surface area contributed by atoms with Gasteiger partial charge in [-0.1, -0.05) is 0 Å². The van der Waals surface area contributed by atoms with E-state index < -0.39 is 0 Å². The van der Waals surface area contributed by atoms with Gasteiger partial charge in [-0.15, -0.1) is 11.3 Å². The van der Waals surface area contributed by atoms with E-state index in [2.05, 4.69) is 4.98 Å². The fraction of sp³-hybridized carbons (Fsp3) is 0.333. The normalized spacial score (nSPS) is 10.8. The molecule has 0 aliphatic rings. The summed E-state index contributed by atoms with van der Waals surface area (Å²) in [5.41, 5.74) is 6.50. The van der Waals surface area contributed by atoms with E-state index in [-0.39, 0.29) is 12.5 Å². The molecule has 5 nitrogen and oxygen atoms in total. The number of aromatic nitrogens is 1. The SMILES string of the molecule is CN(CCCO)C(=O)c1sc2cnccc2c1N. The van der Waals surface area contributed by atoms with Gasteiger partial charge in [0.2, 0.25) is 0 Å². The van der Waals surface area contributed by atoms with Gasteiger partial charge in [0.25, 0.3) is 5.91 Å². The van der Waals surface area contributed by atoms with Gasteiger partial charge in [0, 0.05) is 38.0 Å². The zero-order valence-electron chi connectivity index (χ0n) is 10.1. The monoisotopic (exact) mass is 265 g/mol. The van der Waals surface area contributed by atoms with Gasteiger partial charge in [-0.05, 0) is 12.5 Å². The number of carbonyl (C=O) groups is 1. The molecular weight excluding hydrogens is 250 g/mol. The van der Waals surface area contributed by atoms with Gasteiger partial charge < -0.3 is 15.7 Å². The van der Waals surface area contributed by atoms with Crippen LogP contribution in [0.15, 0.2) is 18.5 Å². The minimum atomic E-state index is -0.109. The van der Waals surface area contributed by atoms with E-state index in [4.69, 9.17) is 10.8 Å². The van der Waals surface area contributed by atoms with E-state index in [0.717, 1.165) is 10.1 Å². The number of carbonyl (C=O) groups excluding carboxylic acids is 1. The molecule has 0 saturated heterocycles. The predicted molar refractivity (Wildman–Crippen MR) is 72.7 cm³/mol. The summed E-state index contributed by atoms with van der Waals surface area (Å²) < 4.78 is 0.911. The van der Waals surface area contributed by atoms with E-state index in [0.29, 0.717) is 23.5 Å². The van der Waals surface area contributed by atoms with Crippen LogP contribution in [0.2, 0.25) is 0 Å². The van der Waals surface area contributed by atoms with E-state index in [9.17, 15) is 4.79 Å². The molecular formula is C12H15N3O2S. The predicted octanol–water partition coefficient (Wildman–Crippen LogP) is 1.33. The summed E-state index contributed by atoms with van der Waals surface area (Å²) in [5.74, 6) is -0.109. The lowest BCUT2D eigenvalue weighted by Gasteiger charge is -2.15. The Balaban J connectivity index is 2.30. The van der Waals surface area contributed by atoms with Crippen LogP contribution < -0.4 is 5.73 Å². The summed E-state index contributed by atoms with van der Waals surface area (Å²) in [4.78, 5) is 18.3. The highest BCUT2D eigenvalue weighted by atomic mass is 32.1. The Morgan fingerprint density at radius 2 is 2.39 bits per heavy atom. The van der Waals surface area contributed by atoms with Gasteiger partial charge in [0.1, 0.15) is 4.88 Å². The fourth-order valence-electron chi connectivity index (χ4n) is 1.71. The van der Waals surface area contributed by atoms with Crippen molar-refractivity contribution in [2.45, 2.75) is 6.42 Å². The molecule has 0 saturated carbocycles. The van der Waals surface area contributed by atoms with Crippen molar-refractivity contribution < 1.29 is 9.90 Å². The number of amides is 1. The number of nitrogens with two attached hydrogens (primary N) is 1. The van der Waals surface area contributed by atoms with Crippen LogP contribution in [0.3, 0.4) is 0 Å². The molecule has 3 N–H and O–H groups in total. The number of nitrogen functional groups attached to an aromatic ring is 1. The number of nitrogens with zero attached hydrogens (tertiary/aromatic N) is 2. The minimum Gasteiger partial charge on any atom is -0.397 e. The average molecular weight is 265 g/mol. The molecule has 0 radical (unpaired) electrons. The summed E-state index contributed by atoms with van der Waals surface area (Å²) in [6, 6.07) is 1.81. The van der Waals surface area contributed by atoms with Gasteiger partial charge in [-0.3, -0.25) is 9.78 Å². The third kappa shape index (κ3) is 2.30. The molecule has 96 valence electrons. The van der Waals surface area contributed by atoms with E-state index in [1.807, 2.05) is 6.07 Å². The minimum absolute atomic E-state index is 0.0729. The van der Waals surface area contributed by atoms with Crippen LogP contribution in [0, 0.1) is 0 Å². The van der Waals surface area contributed by atoms with E-state index in [1.54, 1.807) is 24.3 Å². The molecule has 18 heavy (non-hydrogen) atoms. The van der Waals surface area contributed by atoms with Gasteiger partial charge in [0.05, 0.1) is 10.4 Å². The number of anilines is 1. The number of fused-ring (bicyclic) bond motifs is 1. The van der Waals surface area contributed by atoms with Crippen LogP contribution >= 0.6 is 11.3 Å². The largest absolute Gasteiger partial charge is 0.397 e.